The molecule has 0 fully saturated rings. The molecule has 0 saturated heterocycles. The number of oxime groups is 1. The van der Waals surface area contributed by atoms with E-state index in [1.807, 2.05) is 0 Å². The fourth-order valence-corrected chi connectivity index (χ4v) is 0.567. The minimum atomic E-state index is -0.422. The molecule has 0 radical (unpaired) electrons. The zero-order chi connectivity index (χ0) is 9.56. The van der Waals surface area contributed by atoms with Crippen LogP contribution >= 0.6 is 0 Å². The summed E-state index contributed by atoms with van der Waals surface area (Å²) in [5.41, 5.74) is 10.2. The fourth-order valence-electron chi connectivity index (χ4n) is 0.567. The Kier molecular flexibility index (Phi) is 4.78. The van der Waals surface area contributed by atoms with E-state index in [-0.39, 0.29) is 5.84 Å². The van der Waals surface area contributed by atoms with Crippen LogP contribution in [0.4, 0.5) is 0 Å². The van der Waals surface area contributed by atoms with E-state index in [2.05, 4.69) is 10.5 Å². The molecule has 0 spiro atoms. The van der Waals surface area contributed by atoms with Crippen LogP contribution in [0, 0.1) is 0 Å². The molecule has 0 saturated carbocycles. The van der Waals surface area contributed by atoms with Gasteiger partial charge in [-0.25, -0.2) is 0 Å². The first-order valence-corrected chi connectivity index (χ1v) is 3.57. The van der Waals surface area contributed by atoms with Crippen molar-refractivity contribution in [3.8, 4) is 0 Å². The lowest BCUT2D eigenvalue weighted by atomic mass is 10.3. The van der Waals surface area contributed by atoms with Crippen molar-refractivity contribution in [2.24, 2.45) is 16.6 Å². The van der Waals surface area contributed by atoms with Crippen molar-refractivity contribution in [1.29, 1.82) is 0 Å². The maximum atomic E-state index is 10.5. The molecule has 1 unspecified atom stereocenters. The van der Waals surface area contributed by atoms with Gasteiger partial charge >= 0.3 is 0 Å². The summed E-state index contributed by atoms with van der Waals surface area (Å²) >= 11 is 0. The molecular weight excluding hydrogens is 160 g/mol. The number of primary amides is 1. The molecule has 0 aromatic heterocycles. The number of amides is 1. The number of rotatable bonds is 5. The number of nitrogens with two attached hydrogens (primary N) is 2. The third-order valence-corrected chi connectivity index (χ3v) is 1.39. The van der Waals surface area contributed by atoms with Gasteiger partial charge in [-0.1, -0.05) is 5.16 Å². The highest BCUT2D eigenvalue weighted by atomic mass is 16.4. The molecule has 1 amide bonds. The molecule has 0 aromatic rings. The predicted molar refractivity (Wildman–Crippen MR) is 44.7 cm³/mol. The van der Waals surface area contributed by atoms with E-state index in [1.54, 1.807) is 6.92 Å². The summed E-state index contributed by atoms with van der Waals surface area (Å²) in [6.45, 7) is 2.11. The third-order valence-electron chi connectivity index (χ3n) is 1.39. The van der Waals surface area contributed by atoms with Crippen molar-refractivity contribution in [3.05, 3.63) is 0 Å². The largest absolute Gasteiger partial charge is 0.409 e. The SMILES string of the molecule is CC(NCCC(N)=NO)C(N)=O. The Bertz CT molecular complexity index is 180. The summed E-state index contributed by atoms with van der Waals surface area (Å²) in [5.74, 6) is -0.298. The molecule has 12 heavy (non-hydrogen) atoms. The second kappa shape index (κ2) is 5.36. The summed E-state index contributed by atoms with van der Waals surface area (Å²) < 4.78 is 0. The van der Waals surface area contributed by atoms with Crippen LogP contribution in [0.2, 0.25) is 0 Å². The number of nitrogens with zero attached hydrogens (tertiary/aromatic N) is 1. The number of carbonyl (C=O) groups is 1. The molecule has 70 valence electrons. The van der Waals surface area contributed by atoms with E-state index in [0.717, 1.165) is 0 Å². The highest BCUT2D eigenvalue weighted by Gasteiger charge is 2.06. The van der Waals surface area contributed by atoms with Crippen LogP contribution in [0.1, 0.15) is 13.3 Å². The molecule has 1 atom stereocenters. The van der Waals surface area contributed by atoms with Gasteiger partial charge < -0.3 is 22.0 Å². The van der Waals surface area contributed by atoms with Crippen molar-refractivity contribution in [1.82, 2.24) is 5.32 Å². The maximum absolute atomic E-state index is 10.5. The summed E-state index contributed by atoms with van der Waals surface area (Å²) in [5, 5.41) is 13.7. The number of nitrogens with one attached hydrogen (secondary N) is 1. The zero-order valence-electron chi connectivity index (χ0n) is 6.95. The molecule has 0 rings (SSSR count). The van der Waals surface area contributed by atoms with Gasteiger partial charge in [-0.15, -0.1) is 0 Å². The van der Waals surface area contributed by atoms with E-state index in [1.165, 1.54) is 0 Å². The monoisotopic (exact) mass is 174 g/mol. The summed E-state index contributed by atoms with van der Waals surface area (Å²) in [6.07, 6.45) is 0.383. The Labute approximate surface area is 70.6 Å². The van der Waals surface area contributed by atoms with Gasteiger partial charge in [0.1, 0.15) is 5.84 Å². The molecule has 0 heterocycles. The molecular formula is C6H14N4O2. The molecule has 0 aliphatic carbocycles. The van der Waals surface area contributed by atoms with E-state index in [0.29, 0.717) is 13.0 Å². The normalized spacial score (nSPS) is 14.2. The first-order valence-electron chi connectivity index (χ1n) is 3.57. The first-order chi connectivity index (χ1) is 5.57. The zero-order valence-corrected chi connectivity index (χ0v) is 6.95. The fraction of sp³-hybridized carbons (Fsp3) is 0.667. The highest BCUT2D eigenvalue weighted by molar-refractivity contribution is 5.80. The van der Waals surface area contributed by atoms with Crippen LogP contribution in [0.5, 0.6) is 0 Å². The number of hydrogen-bond acceptors (Lipinski definition) is 4. The quantitative estimate of drug-likeness (QED) is 0.177. The smallest absolute Gasteiger partial charge is 0.234 e. The summed E-state index contributed by atoms with van der Waals surface area (Å²) in [7, 11) is 0. The van der Waals surface area contributed by atoms with Gasteiger partial charge in [0, 0.05) is 13.0 Å². The van der Waals surface area contributed by atoms with E-state index < -0.39 is 11.9 Å². The Hall–Kier alpha value is -1.30. The average Bonchev–Trinajstić information content (AvgIpc) is 2.03. The van der Waals surface area contributed by atoms with Gasteiger partial charge in [0.25, 0.3) is 0 Å². The van der Waals surface area contributed by atoms with Crippen LogP contribution in [0.25, 0.3) is 0 Å². The van der Waals surface area contributed by atoms with Crippen molar-refractivity contribution in [3.63, 3.8) is 0 Å². The van der Waals surface area contributed by atoms with Gasteiger partial charge in [0.2, 0.25) is 5.91 Å². The molecule has 0 bridgehead atoms. The van der Waals surface area contributed by atoms with E-state index in [9.17, 15) is 4.79 Å². The Morgan fingerprint density at radius 1 is 1.67 bits per heavy atom. The summed E-state index contributed by atoms with van der Waals surface area (Å²) in [6, 6.07) is -0.392. The minimum Gasteiger partial charge on any atom is -0.409 e. The first kappa shape index (κ1) is 10.7. The topological polar surface area (TPSA) is 114 Å². The van der Waals surface area contributed by atoms with Crippen molar-refractivity contribution in [2.75, 3.05) is 6.54 Å². The second-order valence-corrected chi connectivity index (χ2v) is 2.42. The second-order valence-electron chi connectivity index (χ2n) is 2.42. The van der Waals surface area contributed by atoms with Gasteiger partial charge in [-0.3, -0.25) is 4.79 Å². The average molecular weight is 174 g/mol. The molecule has 6 N–H and O–H groups in total. The number of hydrogen-bond donors (Lipinski definition) is 4. The lowest BCUT2D eigenvalue weighted by Crippen LogP contribution is -2.40. The third kappa shape index (κ3) is 4.51. The van der Waals surface area contributed by atoms with Gasteiger partial charge in [0.15, 0.2) is 0 Å². The van der Waals surface area contributed by atoms with Crippen LogP contribution in [0.15, 0.2) is 5.16 Å². The van der Waals surface area contributed by atoms with Crippen LogP contribution in [-0.2, 0) is 4.79 Å². The van der Waals surface area contributed by atoms with Crippen molar-refractivity contribution >= 4 is 11.7 Å². The molecule has 6 heteroatoms. The predicted octanol–water partition coefficient (Wildman–Crippen LogP) is -1.41. The Morgan fingerprint density at radius 3 is 2.67 bits per heavy atom. The van der Waals surface area contributed by atoms with Gasteiger partial charge in [-0.2, -0.15) is 0 Å². The van der Waals surface area contributed by atoms with Crippen LogP contribution in [-0.4, -0.2) is 29.5 Å². The van der Waals surface area contributed by atoms with Crippen LogP contribution < -0.4 is 16.8 Å². The van der Waals surface area contributed by atoms with Crippen LogP contribution in [0.3, 0.4) is 0 Å². The maximum Gasteiger partial charge on any atom is 0.234 e. The van der Waals surface area contributed by atoms with Crippen molar-refractivity contribution in [2.45, 2.75) is 19.4 Å². The minimum absolute atomic E-state index is 0.124. The summed E-state index contributed by atoms with van der Waals surface area (Å²) in [4.78, 5) is 10.5. The molecule has 0 aromatic carbocycles. The number of carbonyl (C=O) groups excluding carboxylic acids is 1. The van der Waals surface area contributed by atoms with Crippen molar-refractivity contribution < 1.29 is 10.0 Å². The molecule has 0 aliphatic heterocycles. The molecule has 6 nitrogen and oxygen atoms in total. The lowest BCUT2D eigenvalue weighted by Gasteiger charge is -2.08. The standard InChI is InChI=1S/C6H14N4O2/c1-4(6(8)11)9-3-2-5(7)10-12/h4,9,12H,2-3H2,1H3,(H2,7,10)(H2,8,11). The molecule has 0 aliphatic rings. The number of amidine groups is 1. The Balaban J connectivity index is 3.50. The van der Waals surface area contributed by atoms with Gasteiger partial charge in [-0.05, 0) is 6.92 Å². The highest BCUT2D eigenvalue weighted by Crippen LogP contribution is 1.81. The lowest BCUT2D eigenvalue weighted by molar-refractivity contribution is -0.119. The Morgan fingerprint density at radius 2 is 2.25 bits per heavy atom. The van der Waals surface area contributed by atoms with Gasteiger partial charge in [0.05, 0.1) is 6.04 Å². The van der Waals surface area contributed by atoms with E-state index in [4.69, 9.17) is 16.7 Å². The van der Waals surface area contributed by atoms with E-state index >= 15 is 0 Å².